The fourth-order valence-corrected chi connectivity index (χ4v) is 6.52. The third-order valence-corrected chi connectivity index (χ3v) is 10.00. The van der Waals surface area contributed by atoms with Crippen molar-refractivity contribution in [2.24, 2.45) is 0 Å². The van der Waals surface area contributed by atoms with E-state index in [1.165, 1.54) is 12.1 Å². The molecule has 5 rings (SSSR count). The highest BCUT2D eigenvalue weighted by Crippen LogP contribution is 2.36. The average Bonchev–Trinajstić information content (AvgIpc) is 3.43. The summed E-state index contributed by atoms with van der Waals surface area (Å²) < 4.78 is 50.3. The second-order valence-corrected chi connectivity index (χ2v) is 15.0. The topological polar surface area (TPSA) is 114 Å². The molecule has 0 radical (unpaired) electrons. The number of nitrogens with one attached hydrogen (secondary N) is 2. The van der Waals surface area contributed by atoms with Crippen LogP contribution in [0.4, 0.5) is 15.9 Å². The number of nitrogens with zero attached hydrogens (tertiary/aromatic N) is 4. The van der Waals surface area contributed by atoms with Gasteiger partial charge in [0.25, 0.3) is 0 Å². The molecule has 13 heteroatoms. The Hall–Kier alpha value is -3.20. The molecule has 2 aromatic carbocycles. The molecule has 1 aliphatic rings. The van der Waals surface area contributed by atoms with E-state index in [1.807, 2.05) is 32.9 Å². The molecule has 4 aromatic rings. The van der Waals surface area contributed by atoms with Crippen molar-refractivity contribution in [3.05, 3.63) is 48.4 Å². The average molecular weight is 671 g/mol. The molecule has 2 N–H and O–H groups in total. The molecule has 0 saturated carbocycles. The van der Waals surface area contributed by atoms with Crippen LogP contribution >= 0.6 is 0 Å². The highest BCUT2D eigenvalue weighted by atomic mass is 32.2. The Morgan fingerprint density at radius 3 is 2.43 bits per heavy atom. The van der Waals surface area contributed by atoms with Crippen molar-refractivity contribution in [3.8, 4) is 5.75 Å². The third-order valence-electron chi connectivity index (χ3n) is 8.17. The number of fused-ring (bicyclic) bond motifs is 2. The maximum absolute atomic E-state index is 14.0. The Balaban J connectivity index is 1.10. The monoisotopic (exact) mass is 670 g/mol. The number of aromatic amines is 1. The lowest BCUT2D eigenvalue weighted by molar-refractivity contribution is 0.00240. The Labute approximate surface area is 278 Å². The number of aromatic nitrogens is 3. The van der Waals surface area contributed by atoms with Gasteiger partial charge in [0.1, 0.15) is 18.2 Å². The molecular weight excluding hydrogens is 623 g/mol. The smallest absolute Gasteiger partial charge is 0.160 e. The number of ether oxygens (including phenoxy) is 4. The zero-order valence-electron chi connectivity index (χ0n) is 28.0. The van der Waals surface area contributed by atoms with Gasteiger partial charge in [0.05, 0.1) is 72.1 Å². The van der Waals surface area contributed by atoms with Gasteiger partial charge in [-0.15, -0.1) is 0 Å². The van der Waals surface area contributed by atoms with Crippen LogP contribution in [0.15, 0.2) is 47.5 Å². The second-order valence-electron chi connectivity index (χ2n) is 12.8. The minimum atomic E-state index is -1.39. The van der Waals surface area contributed by atoms with Crippen molar-refractivity contribution in [3.63, 3.8) is 0 Å². The number of piperazine rings is 1. The summed E-state index contributed by atoms with van der Waals surface area (Å²) in [4.78, 5) is 9.93. The van der Waals surface area contributed by atoms with Gasteiger partial charge >= 0.3 is 0 Å². The summed E-state index contributed by atoms with van der Waals surface area (Å²) in [6.45, 7) is 15.5. The minimum absolute atomic E-state index is 0.274. The number of halogens is 1. The summed E-state index contributed by atoms with van der Waals surface area (Å²) in [5.74, 6) is 0.621. The van der Waals surface area contributed by atoms with E-state index in [1.54, 1.807) is 18.3 Å². The molecule has 1 saturated heterocycles. The summed E-state index contributed by atoms with van der Waals surface area (Å²) in [7, 11) is 0.785. The van der Waals surface area contributed by atoms with Crippen molar-refractivity contribution in [2.75, 3.05) is 84.8 Å². The van der Waals surface area contributed by atoms with Crippen LogP contribution in [-0.4, -0.2) is 119 Å². The van der Waals surface area contributed by atoms with Gasteiger partial charge in [0, 0.05) is 60.0 Å². The molecule has 2 atom stereocenters. The molecule has 0 bridgehead atoms. The number of hydrogen-bond acceptors (Lipinski definition) is 10. The zero-order valence-corrected chi connectivity index (χ0v) is 28.8. The van der Waals surface area contributed by atoms with Crippen LogP contribution in [0.25, 0.3) is 21.8 Å². The largest absolute Gasteiger partial charge is 0.490 e. The molecule has 47 heavy (non-hydrogen) atoms. The van der Waals surface area contributed by atoms with Gasteiger partial charge in [-0.2, -0.15) is 5.10 Å². The van der Waals surface area contributed by atoms with Gasteiger partial charge in [0.2, 0.25) is 0 Å². The van der Waals surface area contributed by atoms with E-state index in [0.717, 1.165) is 31.6 Å². The SMILES string of the molecule is C[C@@H]1CN(CCOCCOCCOCCOc2cc3nccc(Nc4n[nH]c5ccc(F)cc45)c3cc2S(=O)C(C)(C)C)CCN1C. The number of hydrogen-bond donors (Lipinski definition) is 2. The predicted molar refractivity (Wildman–Crippen MR) is 184 cm³/mol. The highest BCUT2D eigenvalue weighted by Gasteiger charge is 2.26. The van der Waals surface area contributed by atoms with Crippen molar-refractivity contribution in [2.45, 2.75) is 43.4 Å². The summed E-state index contributed by atoms with van der Waals surface area (Å²) in [5, 5.41) is 11.9. The van der Waals surface area contributed by atoms with Crippen LogP contribution in [0.5, 0.6) is 5.75 Å². The summed E-state index contributed by atoms with van der Waals surface area (Å²) in [6, 6.07) is 10.5. The van der Waals surface area contributed by atoms with E-state index in [2.05, 4.69) is 44.3 Å². The van der Waals surface area contributed by atoms with E-state index in [-0.39, 0.29) is 12.4 Å². The van der Waals surface area contributed by atoms with Crippen LogP contribution in [0.2, 0.25) is 0 Å². The summed E-state index contributed by atoms with van der Waals surface area (Å²) in [5.41, 5.74) is 2.06. The molecule has 1 aliphatic heterocycles. The first-order valence-electron chi connectivity index (χ1n) is 16.1. The summed E-state index contributed by atoms with van der Waals surface area (Å²) in [6.07, 6.45) is 1.67. The third kappa shape index (κ3) is 9.46. The molecule has 0 spiro atoms. The van der Waals surface area contributed by atoms with Crippen LogP contribution in [0, 0.1) is 5.82 Å². The number of benzene rings is 2. The number of H-pyrrole nitrogens is 1. The number of pyridine rings is 1. The standard InChI is InChI=1S/C34H47FN6O5S/c1-24-23-41(11-10-40(24)5)12-13-43-14-15-44-16-17-45-18-19-46-31-22-30-26(21-32(31)47(42)34(2,3)4)28(8-9-36-30)37-33-27-20-25(35)6-7-29(27)38-39-33/h6-9,20-22,24H,10-19,23H2,1-5H3,(H2,36,37,38,39)/t24-,47?/m1/s1. The molecule has 2 aromatic heterocycles. The van der Waals surface area contributed by atoms with Crippen molar-refractivity contribution < 1.29 is 27.5 Å². The lowest BCUT2D eigenvalue weighted by Crippen LogP contribution is -2.50. The summed E-state index contributed by atoms with van der Waals surface area (Å²) >= 11 is 0. The first kappa shape index (κ1) is 35.1. The van der Waals surface area contributed by atoms with Crippen molar-refractivity contribution in [1.82, 2.24) is 25.0 Å². The number of likely N-dealkylation sites (N-methyl/N-ethyl adjacent to an activating group) is 1. The molecule has 0 aliphatic carbocycles. The van der Waals surface area contributed by atoms with E-state index in [0.29, 0.717) is 84.3 Å². The van der Waals surface area contributed by atoms with Gasteiger partial charge in [-0.05, 0) is 65.1 Å². The first-order chi connectivity index (χ1) is 22.6. The van der Waals surface area contributed by atoms with Crippen molar-refractivity contribution >= 4 is 44.1 Å². The molecule has 1 fully saturated rings. The second kappa shape index (κ2) is 16.3. The fourth-order valence-electron chi connectivity index (χ4n) is 5.33. The lowest BCUT2D eigenvalue weighted by Gasteiger charge is -2.37. The van der Waals surface area contributed by atoms with E-state index in [4.69, 9.17) is 18.9 Å². The van der Waals surface area contributed by atoms with Crippen LogP contribution in [0.3, 0.4) is 0 Å². The van der Waals surface area contributed by atoms with Gasteiger partial charge in [-0.1, -0.05) is 0 Å². The number of rotatable bonds is 16. The van der Waals surface area contributed by atoms with Gasteiger partial charge in [-0.3, -0.25) is 19.2 Å². The maximum atomic E-state index is 14.0. The van der Waals surface area contributed by atoms with Gasteiger partial charge < -0.3 is 29.2 Å². The Morgan fingerprint density at radius 1 is 0.979 bits per heavy atom. The Kier molecular flexibility index (Phi) is 12.2. The normalized spacial score (nSPS) is 17.0. The molecule has 11 nitrogen and oxygen atoms in total. The molecule has 256 valence electrons. The van der Waals surface area contributed by atoms with E-state index < -0.39 is 15.5 Å². The maximum Gasteiger partial charge on any atom is 0.160 e. The molecular formula is C34H47FN6O5S. The zero-order chi connectivity index (χ0) is 33.4. The molecule has 1 unspecified atom stereocenters. The minimum Gasteiger partial charge on any atom is -0.490 e. The fraction of sp³-hybridized carbons (Fsp3) is 0.529. The quantitative estimate of drug-likeness (QED) is 0.159. The van der Waals surface area contributed by atoms with Crippen LogP contribution < -0.4 is 10.1 Å². The Bertz CT molecular complexity index is 1650. The Morgan fingerprint density at radius 2 is 1.70 bits per heavy atom. The van der Waals surface area contributed by atoms with Crippen LogP contribution in [0.1, 0.15) is 27.7 Å². The lowest BCUT2D eigenvalue weighted by atomic mass is 10.1. The highest BCUT2D eigenvalue weighted by molar-refractivity contribution is 7.86. The van der Waals surface area contributed by atoms with Crippen LogP contribution in [-0.2, 0) is 25.0 Å². The van der Waals surface area contributed by atoms with E-state index in [9.17, 15) is 8.60 Å². The van der Waals surface area contributed by atoms with Crippen molar-refractivity contribution in [1.29, 1.82) is 0 Å². The molecule has 3 heterocycles. The first-order valence-corrected chi connectivity index (χ1v) is 17.3. The van der Waals surface area contributed by atoms with E-state index >= 15 is 0 Å². The number of anilines is 2. The van der Waals surface area contributed by atoms with Gasteiger partial charge in [0.15, 0.2) is 5.82 Å². The van der Waals surface area contributed by atoms with Gasteiger partial charge in [-0.25, -0.2) is 4.39 Å². The predicted octanol–water partition coefficient (Wildman–Crippen LogP) is 4.96. The molecule has 0 amide bonds.